The second-order valence-corrected chi connectivity index (χ2v) is 6.09. The van der Waals surface area contributed by atoms with Crippen molar-refractivity contribution < 1.29 is 19.4 Å². The van der Waals surface area contributed by atoms with E-state index in [4.69, 9.17) is 4.74 Å². The van der Waals surface area contributed by atoms with Gasteiger partial charge in [0.1, 0.15) is 5.60 Å². The summed E-state index contributed by atoms with van der Waals surface area (Å²) in [6, 6.07) is 6.16. The molecule has 0 bridgehead atoms. The minimum absolute atomic E-state index is 0.0249. The van der Waals surface area contributed by atoms with Crippen LogP contribution in [0, 0.1) is 11.8 Å². The Morgan fingerprint density at radius 2 is 1.64 bits per heavy atom. The Balaban J connectivity index is 3.15. The van der Waals surface area contributed by atoms with Gasteiger partial charge < -0.3 is 9.84 Å². The summed E-state index contributed by atoms with van der Waals surface area (Å²) in [6.45, 7) is 10.1. The molecule has 4 nitrogen and oxygen atoms in total. The molecule has 0 aliphatic rings. The average molecular weight is 306 g/mol. The summed E-state index contributed by atoms with van der Waals surface area (Å²) in [5.74, 6) is -1.32. The van der Waals surface area contributed by atoms with Crippen LogP contribution in [0.25, 0.3) is 0 Å². The molecule has 0 aromatic heterocycles. The van der Waals surface area contributed by atoms with E-state index < -0.39 is 17.5 Å². The fourth-order valence-corrected chi connectivity index (χ4v) is 2.87. The second-order valence-electron chi connectivity index (χ2n) is 6.09. The monoisotopic (exact) mass is 306 g/mol. The fraction of sp³-hybridized carbons (Fsp3) is 0.556. The molecule has 0 radical (unpaired) electrons. The van der Waals surface area contributed by atoms with Crippen molar-refractivity contribution in [3.8, 4) is 0 Å². The van der Waals surface area contributed by atoms with Crippen molar-refractivity contribution in [2.45, 2.75) is 53.1 Å². The molecule has 0 saturated heterocycles. The van der Waals surface area contributed by atoms with E-state index >= 15 is 0 Å². The van der Waals surface area contributed by atoms with Crippen LogP contribution in [0.15, 0.2) is 24.3 Å². The van der Waals surface area contributed by atoms with Crippen LogP contribution in [0.3, 0.4) is 0 Å². The molecule has 4 heteroatoms. The maximum Gasteiger partial charge on any atom is 0.339 e. The lowest BCUT2D eigenvalue weighted by Crippen LogP contribution is -2.44. The van der Waals surface area contributed by atoms with Crippen LogP contribution in [0.2, 0.25) is 0 Å². The summed E-state index contributed by atoms with van der Waals surface area (Å²) in [5.41, 5.74) is -0.539. The van der Waals surface area contributed by atoms with Gasteiger partial charge in [0.25, 0.3) is 0 Å². The first-order valence-corrected chi connectivity index (χ1v) is 7.83. The molecule has 122 valence electrons. The Bertz CT molecular complexity index is 532. The minimum Gasteiger partial charge on any atom is -0.478 e. The van der Waals surface area contributed by atoms with E-state index in [1.807, 2.05) is 20.8 Å². The predicted molar refractivity (Wildman–Crippen MR) is 86.1 cm³/mol. The Morgan fingerprint density at radius 1 is 1.14 bits per heavy atom. The van der Waals surface area contributed by atoms with Gasteiger partial charge in [-0.05, 0) is 43.7 Å². The lowest BCUT2D eigenvalue weighted by molar-refractivity contribution is -0.0701. The second kappa shape index (κ2) is 7.43. The van der Waals surface area contributed by atoms with Crippen molar-refractivity contribution >= 4 is 11.9 Å². The maximum absolute atomic E-state index is 12.5. The first kappa shape index (κ1) is 18.2. The average Bonchev–Trinajstić information content (AvgIpc) is 2.48. The zero-order valence-corrected chi connectivity index (χ0v) is 14.1. The number of carbonyl (C=O) groups excluding carboxylic acids is 1. The van der Waals surface area contributed by atoms with Crippen molar-refractivity contribution in [1.29, 1.82) is 0 Å². The van der Waals surface area contributed by atoms with Crippen LogP contribution in [0.4, 0.5) is 0 Å². The number of carbonyl (C=O) groups is 2. The zero-order chi connectivity index (χ0) is 16.9. The van der Waals surface area contributed by atoms with Gasteiger partial charge in [0.2, 0.25) is 0 Å². The molecule has 1 rings (SSSR count). The van der Waals surface area contributed by atoms with Crippen LogP contribution in [-0.4, -0.2) is 22.6 Å². The molecule has 1 atom stereocenters. The SMILES string of the molecule is CCC(CC)C(C)(OC(=O)c1ccccc1C(=O)O)C(C)C. The van der Waals surface area contributed by atoms with Crippen LogP contribution in [-0.2, 0) is 4.74 Å². The summed E-state index contributed by atoms with van der Waals surface area (Å²) >= 11 is 0. The van der Waals surface area contributed by atoms with Crippen LogP contribution in [0.1, 0.15) is 68.2 Å². The smallest absolute Gasteiger partial charge is 0.339 e. The van der Waals surface area contributed by atoms with Gasteiger partial charge in [-0.1, -0.05) is 39.8 Å². The van der Waals surface area contributed by atoms with E-state index in [2.05, 4.69) is 13.8 Å². The molecule has 0 saturated carbocycles. The summed E-state index contributed by atoms with van der Waals surface area (Å²) < 4.78 is 5.82. The number of carboxylic acids is 1. The Hall–Kier alpha value is -1.84. The third kappa shape index (κ3) is 3.67. The molecule has 0 fully saturated rings. The number of carboxylic acid groups (broad SMARTS) is 1. The van der Waals surface area contributed by atoms with Crippen LogP contribution < -0.4 is 0 Å². The normalized spacial score (nSPS) is 14.0. The molecular weight excluding hydrogens is 280 g/mol. The lowest BCUT2D eigenvalue weighted by atomic mass is 9.77. The highest BCUT2D eigenvalue weighted by Crippen LogP contribution is 2.35. The molecule has 1 aromatic rings. The summed E-state index contributed by atoms with van der Waals surface area (Å²) in [4.78, 5) is 23.8. The topological polar surface area (TPSA) is 63.6 Å². The molecule has 1 N–H and O–H groups in total. The first-order valence-electron chi connectivity index (χ1n) is 7.83. The number of esters is 1. The van der Waals surface area contributed by atoms with Gasteiger partial charge in [0.15, 0.2) is 0 Å². The molecule has 0 spiro atoms. The molecule has 0 heterocycles. The largest absolute Gasteiger partial charge is 0.478 e. The summed E-state index contributed by atoms with van der Waals surface area (Å²) in [6.07, 6.45) is 1.80. The van der Waals surface area contributed by atoms with Gasteiger partial charge in [-0.15, -0.1) is 0 Å². The van der Waals surface area contributed by atoms with Crippen molar-refractivity contribution in [3.05, 3.63) is 35.4 Å². The third-order valence-electron chi connectivity index (χ3n) is 4.63. The number of ether oxygens (including phenoxy) is 1. The van der Waals surface area contributed by atoms with Crippen LogP contribution in [0.5, 0.6) is 0 Å². The van der Waals surface area contributed by atoms with Crippen molar-refractivity contribution in [2.75, 3.05) is 0 Å². The highest BCUT2D eigenvalue weighted by molar-refractivity contribution is 6.02. The number of benzene rings is 1. The highest BCUT2D eigenvalue weighted by atomic mass is 16.6. The van der Waals surface area contributed by atoms with E-state index in [1.54, 1.807) is 12.1 Å². The Kier molecular flexibility index (Phi) is 6.15. The third-order valence-corrected chi connectivity index (χ3v) is 4.63. The quantitative estimate of drug-likeness (QED) is 0.759. The van der Waals surface area contributed by atoms with Crippen molar-refractivity contribution in [1.82, 2.24) is 0 Å². The van der Waals surface area contributed by atoms with E-state index in [0.29, 0.717) is 0 Å². The first-order chi connectivity index (χ1) is 10.3. The zero-order valence-electron chi connectivity index (χ0n) is 14.1. The predicted octanol–water partition coefficient (Wildman–Crippen LogP) is 4.39. The van der Waals surface area contributed by atoms with Crippen molar-refractivity contribution in [2.24, 2.45) is 11.8 Å². The van der Waals surface area contributed by atoms with Crippen LogP contribution >= 0.6 is 0 Å². The molecule has 0 amide bonds. The summed E-state index contributed by atoms with van der Waals surface area (Å²) in [7, 11) is 0. The lowest BCUT2D eigenvalue weighted by Gasteiger charge is -2.40. The molecule has 0 aliphatic heterocycles. The standard InChI is InChI=1S/C18H26O4/c1-6-13(7-2)18(5,12(3)4)22-17(21)15-11-9-8-10-14(15)16(19)20/h8-13H,6-7H2,1-5H3,(H,19,20). The van der Waals surface area contributed by atoms with E-state index in [1.165, 1.54) is 12.1 Å². The highest BCUT2D eigenvalue weighted by Gasteiger charge is 2.39. The molecule has 1 unspecified atom stereocenters. The Morgan fingerprint density at radius 3 is 2.05 bits per heavy atom. The van der Waals surface area contributed by atoms with Gasteiger partial charge in [0, 0.05) is 0 Å². The van der Waals surface area contributed by atoms with Gasteiger partial charge in [-0.2, -0.15) is 0 Å². The van der Waals surface area contributed by atoms with E-state index in [0.717, 1.165) is 12.8 Å². The molecular formula is C18H26O4. The number of rotatable bonds is 7. The van der Waals surface area contributed by atoms with Crippen molar-refractivity contribution in [3.63, 3.8) is 0 Å². The van der Waals surface area contributed by atoms with Gasteiger partial charge >= 0.3 is 11.9 Å². The number of aromatic carboxylic acids is 1. The Labute approximate surface area is 132 Å². The number of hydrogen-bond acceptors (Lipinski definition) is 3. The molecule has 0 aliphatic carbocycles. The fourth-order valence-electron chi connectivity index (χ4n) is 2.87. The van der Waals surface area contributed by atoms with E-state index in [9.17, 15) is 14.7 Å². The number of hydrogen-bond donors (Lipinski definition) is 1. The van der Waals surface area contributed by atoms with Gasteiger partial charge in [-0.3, -0.25) is 0 Å². The van der Waals surface area contributed by atoms with E-state index in [-0.39, 0.29) is 23.0 Å². The maximum atomic E-state index is 12.5. The van der Waals surface area contributed by atoms with Gasteiger partial charge in [-0.25, -0.2) is 9.59 Å². The van der Waals surface area contributed by atoms with Gasteiger partial charge in [0.05, 0.1) is 11.1 Å². The molecule has 1 aromatic carbocycles. The molecule has 22 heavy (non-hydrogen) atoms. The minimum atomic E-state index is -1.12. The summed E-state index contributed by atoms with van der Waals surface area (Å²) in [5, 5.41) is 9.22.